The molecule has 2 N–H and O–H groups in total. The van der Waals surface area contributed by atoms with E-state index in [1.165, 1.54) is 12.8 Å². The van der Waals surface area contributed by atoms with Crippen molar-refractivity contribution >= 4 is 11.5 Å². The molecule has 5 nitrogen and oxygen atoms in total. The Morgan fingerprint density at radius 3 is 2.95 bits per heavy atom. The van der Waals surface area contributed by atoms with Gasteiger partial charge in [0, 0.05) is 31.7 Å². The van der Waals surface area contributed by atoms with Crippen LogP contribution in [0.4, 0.5) is 11.5 Å². The van der Waals surface area contributed by atoms with Crippen LogP contribution in [0, 0.1) is 0 Å². The summed E-state index contributed by atoms with van der Waals surface area (Å²) in [5.41, 5.74) is 1.10. The standard InChI is InChI=1S/C16H26N4O/c1-13(10-15-12-21-9-6-17-15)19-14-4-5-16(18-11-14)20-7-2-3-8-20/h4-5,11,13,15,17,19H,2-3,6-10,12H2,1H3. The number of anilines is 2. The van der Waals surface area contributed by atoms with Crippen molar-refractivity contribution in [3.05, 3.63) is 18.3 Å². The fourth-order valence-corrected chi connectivity index (χ4v) is 3.15. The van der Waals surface area contributed by atoms with Gasteiger partial charge in [0.2, 0.25) is 0 Å². The van der Waals surface area contributed by atoms with Gasteiger partial charge in [0.15, 0.2) is 0 Å². The lowest BCUT2D eigenvalue weighted by atomic mass is 10.1. The summed E-state index contributed by atoms with van der Waals surface area (Å²) in [6.07, 6.45) is 5.59. The van der Waals surface area contributed by atoms with Crippen molar-refractivity contribution in [2.75, 3.05) is 43.1 Å². The highest BCUT2D eigenvalue weighted by atomic mass is 16.5. The Balaban J connectivity index is 1.49. The van der Waals surface area contributed by atoms with Gasteiger partial charge in [-0.25, -0.2) is 4.98 Å². The lowest BCUT2D eigenvalue weighted by molar-refractivity contribution is 0.0731. The van der Waals surface area contributed by atoms with Crippen LogP contribution in [0.3, 0.4) is 0 Å². The first-order valence-electron chi connectivity index (χ1n) is 8.10. The van der Waals surface area contributed by atoms with E-state index in [9.17, 15) is 0 Å². The minimum Gasteiger partial charge on any atom is -0.381 e. The van der Waals surface area contributed by atoms with Crippen LogP contribution in [0.25, 0.3) is 0 Å². The molecule has 0 saturated carbocycles. The monoisotopic (exact) mass is 290 g/mol. The van der Waals surface area contributed by atoms with Gasteiger partial charge in [-0.1, -0.05) is 0 Å². The van der Waals surface area contributed by atoms with Crippen LogP contribution in [0.1, 0.15) is 26.2 Å². The Labute approximate surface area is 127 Å². The summed E-state index contributed by atoms with van der Waals surface area (Å²) < 4.78 is 5.50. The van der Waals surface area contributed by atoms with Gasteiger partial charge in [0.05, 0.1) is 25.1 Å². The molecule has 2 saturated heterocycles. The van der Waals surface area contributed by atoms with Gasteiger partial charge in [-0.05, 0) is 38.3 Å². The van der Waals surface area contributed by atoms with Crippen molar-refractivity contribution in [3.8, 4) is 0 Å². The molecule has 3 rings (SSSR count). The first-order chi connectivity index (χ1) is 10.3. The quantitative estimate of drug-likeness (QED) is 0.867. The fourth-order valence-electron chi connectivity index (χ4n) is 3.15. The second-order valence-electron chi connectivity index (χ2n) is 6.11. The van der Waals surface area contributed by atoms with E-state index in [0.717, 1.165) is 50.8 Å². The second-order valence-corrected chi connectivity index (χ2v) is 6.11. The van der Waals surface area contributed by atoms with Gasteiger partial charge in [-0.15, -0.1) is 0 Å². The fraction of sp³-hybridized carbons (Fsp3) is 0.688. The summed E-state index contributed by atoms with van der Waals surface area (Å²) in [4.78, 5) is 6.94. The molecule has 0 bridgehead atoms. The molecule has 3 heterocycles. The van der Waals surface area contributed by atoms with Crippen LogP contribution in [0.5, 0.6) is 0 Å². The Hall–Kier alpha value is -1.33. The molecular formula is C16H26N4O. The molecule has 2 atom stereocenters. The van der Waals surface area contributed by atoms with Crippen LogP contribution in [0.2, 0.25) is 0 Å². The molecule has 0 radical (unpaired) electrons. The zero-order valence-electron chi connectivity index (χ0n) is 12.8. The van der Waals surface area contributed by atoms with E-state index in [0.29, 0.717) is 12.1 Å². The number of ether oxygens (including phenoxy) is 1. The molecule has 2 aliphatic rings. The van der Waals surface area contributed by atoms with E-state index in [1.807, 2.05) is 6.20 Å². The van der Waals surface area contributed by atoms with Gasteiger partial charge in [0.1, 0.15) is 5.82 Å². The minimum absolute atomic E-state index is 0.406. The topological polar surface area (TPSA) is 49.4 Å². The minimum atomic E-state index is 0.406. The highest BCUT2D eigenvalue weighted by Gasteiger charge is 2.17. The van der Waals surface area contributed by atoms with Crippen LogP contribution in [-0.2, 0) is 4.74 Å². The number of nitrogens with one attached hydrogen (secondary N) is 2. The van der Waals surface area contributed by atoms with Gasteiger partial charge in [-0.2, -0.15) is 0 Å². The predicted octanol–water partition coefficient (Wildman–Crippen LogP) is 1.86. The summed E-state index contributed by atoms with van der Waals surface area (Å²) in [6, 6.07) is 5.13. The van der Waals surface area contributed by atoms with Crippen LogP contribution in [-0.4, -0.2) is 49.9 Å². The summed E-state index contributed by atoms with van der Waals surface area (Å²) >= 11 is 0. The van der Waals surface area contributed by atoms with Gasteiger partial charge in [0.25, 0.3) is 0 Å². The zero-order valence-corrected chi connectivity index (χ0v) is 12.8. The number of rotatable bonds is 5. The molecule has 0 aliphatic carbocycles. The third kappa shape index (κ3) is 4.08. The van der Waals surface area contributed by atoms with Gasteiger partial charge < -0.3 is 20.3 Å². The molecule has 0 spiro atoms. The first kappa shape index (κ1) is 14.6. The van der Waals surface area contributed by atoms with E-state index in [1.54, 1.807) is 0 Å². The number of pyridine rings is 1. The molecule has 0 amide bonds. The maximum atomic E-state index is 5.50. The van der Waals surface area contributed by atoms with E-state index in [-0.39, 0.29) is 0 Å². The van der Waals surface area contributed by atoms with Crippen molar-refractivity contribution in [3.63, 3.8) is 0 Å². The molecule has 2 fully saturated rings. The van der Waals surface area contributed by atoms with E-state index < -0.39 is 0 Å². The number of morpholine rings is 1. The Morgan fingerprint density at radius 2 is 2.29 bits per heavy atom. The Morgan fingerprint density at radius 1 is 1.43 bits per heavy atom. The van der Waals surface area contributed by atoms with Crippen molar-refractivity contribution in [1.82, 2.24) is 10.3 Å². The number of hydrogen-bond donors (Lipinski definition) is 2. The lowest BCUT2D eigenvalue weighted by Gasteiger charge is -2.27. The highest BCUT2D eigenvalue weighted by molar-refractivity contribution is 5.49. The number of hydrogen-bond acceptors (Lipinski definition) is 5. The SMILES string of the molecule is CC(CC1COCCN1)Nc1ccc(N2CCCC2)nc1. The molecule has 5 heteroatoms. The molecule has 1 aromatic heterocycles. The van der Waals surface area contributed by atoms with Gasteiger partial charge >= 0.3 is 0 Å². The smallest absolute Gasteiger partial charge is 0.128 e. The van der Waals surface area contributed by atoms with Crippen molar-refractivity contribution < 1.29 is 4.74 Å². The van der Waals surface area contributed by atoms with Crippen LogP contribution >= 0.6 is 0 Å². The van der Waals surface area contributed by atoms with Crippen molar-refractivity contribution in [2.24, 2.45) is 0 Å². The lowest BCUT2D eigenvalue weighted by Crippen LogP contribution is -2.43. The zero-order chi connectivity index (χ0) is 14.5. The van der Waals surface area contributed by atoms with Crippen LogP contribution < -0.4 is 15.5 Å². The average molecular weight is 290 g/mol. The molecular weight excluding hydrogens is 264 g/mol. The maximum Gasteiger partial charge on any atom is 0.128 e. The van der Waals surface area contributed by atoms with Crippen molar-refractivity contribution in [2.45, 2.75) is 38.3 Å². The largest absolute Gasteiger partial charge is 0.381 e. The van der Waals surface area contributed by atoms with E-state index >= 15 is 0 Å². The summed E-state index contributed by atoms with van der Waals surface area (Å²) in [6.45, 7) is 7.11. The Kier molecular flexibility index (Phi) is 4.93. The molecule has 116 valence electrons. The first-order valence-corrected chi connectivity index (χ1v) is 8.10. The molecule has 0 aromatic carbocycles. The van der Waals surface area contributed by atoms with Crippen LogP contribution in [0.15, 0.2) is 18.3 Å². The summed E-state index contributed by atoms with van der Waals surface area (Å²) in [5.74, 6) is 1.10. The third-order valence-corrected chi connectivity index (χ3v) is 4.23. The average Bonchev–Trinajstić information content (AvgIpc) is 3.03. The van der Waals surface area contributed by atoms with E-state index in [2.05, 4.69) is 39.6 Å². The molecule has 1 aromatic rings. The molecule has 2 aliphatic heterocycles. The van der Waals surface area contributed by atoms with Crippen molar-refractivity contribution in [1.29, 1.82) is 0 Å². The summed E-state index contributed by atoms with van der Waals surface area (Å²) in [5, 5.41) is 7.03. The van der Waals surface area contributed by atoms with Gasteiger partial charge in [-0.3, -0.25) is 0 Å². The maximum absolute atomic E-state index is 5.50. The predicted molar refractivity (Wildman–Crippen MR) is 86.0 cm³/mol. The number of nitrogens with zero attached hydrogens (tertiary/aromatic N) is 2. The normalized spacial score (nSPS) is 24.0. The second kappa shape index (κ2) is 7.09. The third-order valence-electron chi connectivity index (χ3n) is 4.23. The number of aromatic nitrogens is 1. The highest BCUT2D eigenvalue weighted by Crippen LogP contribution is 2.19. The summed E-state index contributed by atoms with van der Waals surface area (Å²) in [7, 11) is 0. The van der Waals surface area contributed by atoms with E-state index in [4.69, 9.17) is 4.74 Å². The molecule has 2 unspecified atom stereocenters. The molecule has 21 heavy (non-hydrogen) atoms. The Bertz CT molecular complexity index is 424.